The highest BCUT2D eigenvalue weighted by Crippen LogP contribution is 2.35. The van der Waals surface area contributed by atoms with Gasteiger partial charge in [0, 0.05) is 34.3 Å². The van der Waals surface area contributed by atoms with E-state index in [-0.39, 0.29) is 23.7 Å². The summed E-state index contributed by atoms with van der Waals surface area (Å²) in [7, 11) is 0. The Labute approximate surface area is 160 Å². The Kier molecular flexibility index (Phi) is 4.02. The number of nitrogens with zero attached hydrogens (tertiary/aromatic N) is 2. The Morgan fingerprint density at radius 1 is 1.37 bits per heavy atom. The fourth-order valence-electron chi connectivity index (χ4n) is 4.29. The zero-order valence-electron chi connectivity index (χ0n) is 14.9. The van der Waals surface area contributed by atoms with Crippen molar-refractivity contribution in [2.75, 3.05) is 6.54 Å². The monoisotopic (exact) mass is 384 g/mol. The van der Waals surface area contributed by atoms with E-state index in [1.807, 2.05) is 18.3 Å². The number of nitrogens with two attached hydrogens (primary N) is 1. The van der Waals surface area contributed by atoms with E-state index in [1.54, 1.807) is 17.4 Å². The molecule has 3 aromatic rings. The maximum Gasteiger partial charge on any atom is 0.220 e. The third-order valence-corrected chi connectivity index (χ3v) is 6.92. The van der Waals surface area contributed by atoms with Crippen LogP contribution in [0.1, 0.15) is 41.4 Å². The van der Waals surface area contributed by atoms with Gasteiger partial charge in [-0.2, -0.15) is 0 Å². The van der Waals surface area contributed by atoms with Crippen molar-refractivity contribution in [3.8, 4) is 11.3 Å². The summed E-state index contributed by atoms with van der Waals surface area (Å²) in [6.07, 6.45) is 6.35. The zero-order chi connectivity index (χ0) is 18.5. The average Bonchev–Trinajstić information content (AvgIpc) is 3.37. The standard InChI is InChI=1S/C20H21FN4OS/c21-14-8-11(15-2-1-7-23-15)3-5-13(14)16-10-25-17-6-4-12(19(22)26)9-18(17)27-20(25)24-16/h3,5,8,10,12,15,23H,1-2,4,6-7,9H2,(H2,22,26). The van der Waals surface area contributed by atoms with Crippen LogP contribution in [0.15, 0.2) is 24.4 Å². The Hall–Kier alpha value is -2.25. The molecule has 1 fully saturated rings. The SMILES string of the molecule is NC(=O)C1CCc2c(sc3nc(-c4ccc(C5CCCN5)cc4F)cn23)C1. The number of hydrogen-bond donors (Lipinski definition) is 2. The van der Waals surface area contributed by atoms with E-state index < -0.39 is 0 Å². The molecule has 0 spiro atoms. The molecule has 0 radical (unpaired) electrons. The van der Waals surface area contributed by atoms with Crippen molar-refractivity contribution < 1.29 is 9.18 Å². The number of fused-ring (bicyclic) bond motifs is 3. The van der Waals surface area contributed by atoms with Crippen LogP contribution in [0.3, 0.4) is 0 Å². The molecule has 1 aliphatic carbocycles. The van der Waals surface area contributed by atoms with Crippen LogP contribution in [0.4, 0.5) is 4.39 Å². The van der Waals surface area contributed by atoms with Crippen molar-refractivity contribution in [1.29, 1.82) is 0 Å². The van der Waals surface area contributed by atoms with Gasteiger partial charge in [-0.1, -0.05) is 6.07 Å². The van der Waals surface area contributed by atoms with E-state index in [0.29, 0.717) is 17.7 Å². The first-order valence-electron chi connectivity index (χ1n) is 9.42. The molecule has 2 unspecified atom stereocenters. The number of halogens is 1. The van der Waals surface area contributed by atoms with Crippen LogP contribution < -0.4 is 11.1 Å². The number of carbonyl (C=O) groups is 1. The summed E-state index contributed by atoms with van der Waals surface area (Å²) < 4.78 is 16.8. The molecule has 0 saturated carbocycles. The van der Waals surface area contributed by atoms with Gasteiger partial charge in [-0.3, -0.25) is 9.20 Å². The Morgan fingerprint density at radius 2 is 2.26 bits per heavy atom. The fraction of sp³-hybridized carbons (Fsp3) is 0.400. The molecule has 3 heterocycles. The van der Waals surface area contributed by atoms with Crippen LogP contribution >= 0.6 is 11.3 Å². The Balaban J connectivity index is 1.48. The zero-order valence-corrected chi connectivity index (χ0v) is 15.7. The molecule has 7 heteroatoms. The van der Waals surface area contributed by atoms with Gasteiger partial charge in [-0.05, 0) is 56.3 Å². The minimum atomic E-state index is -0.230. The molecule has 5 rings (SSSR count). The van der Waals surface area contributed by atoms with E-state index in [9.17, 15) is 9.18 Å². The van der Waals surface area contributed by atoms with Crippen molar-refractivity contribution in [3.05, 3.63) is 46.3 Å². The molecule has 0 bridgehead atoms. The highest BCUT2D eigenvalue weighted by molar-refractivity contribution is 7.17. The van der Waals surface area contributed by atoms with Gasteiger partial charge in [0.05, 0.1) is 5.69 Å². The van der Waals surface area contributed by atoms with Crippen LogP contribution in [0, 0.1) is 11.7 Å². The number of aryl methyl sites for hydroxylation is 1. The van der Waals surface area contributed by atoms with E-state index >= 15 is 0 Å². The number of benzene rings is 1. The smallest absolute Gasteiger partial charge is 0.220 e. The number of primary amides is 1. The molecule has 5 nitrogen and oxygen atoms in total. The first-order chi connectivity index (χ1) is 13.1. The molecule has 1 saturated heterocycles. The molecule has 1 aromatic carbocycles. The van der Waals surface area contributed by atoms with Crippen LogP contribution in [0.2, 0.25) is 0 Å². The topological polar surface area (TPSA) is 72.4 Å². The van der Waals surface area contributed by atoms with Crippen LogP contribution in [0.5, 0.6) is 0 Å². The van der Waals surface area contributed by atoms with Gasteiger partial charge in [0.2, 0.25) is 5.91 Å². The second-order valence-corrected chi connectivity index (χ2v) is 8.54. The van der Waals surface area contributed by atoms with Gasteiger partial charge in [0.15, 0.2) is 4.96 Å². The number of hydrogen-bond acceptors (Lipinski definition) is 4. The Bertz CT molecular complexity index is 1030. The van der Waals surface area contributed by atoms with E-state index in [0.717, 1.165) is 42.8 Å². The van der Waals surface area contributed by atoms with Gasteiger partial charge in [-0.15, -0.1) is 11.3 Å². The third-order valence-electron chi connectivity index (χ3n) is 5.80. The molecule has 2 aliphatic rings. The van der Waals surface area contributed by atoms with Crippen LogP contribution in [0.25, 0.3) is 16.2 Å². The summed E-state index contributed by atoms with van der Waals surface area (Å²) in [5, 5.41) is 3.40. The molecule has 2 atom stereocenters. The lowest BCUT2D eigenvalue weighted by molar-refractivity contribution is -0.122. The molecule has 1 aliphatic heterocycles. The van der Waals surface area contributed by atoms with Crippen LogP contribution in [-0.2, 0) is 17.6 Å². The molecule has 2 aromatic heterocycles. The fourth-order valence-corrected chi connectivity index (χ4v) is 5.51. The summed E-state index contributed by atoms with van der Waals surface area (Å²) in [4.78, 5) is 18.1. The normalized spacial score (nSPS) is 22.3. The lowest BCUT2D eigenvalue weighted by Gasteiger charge is -2.18. The highest BCUT2D eigenvalue weighted by atomic mass is 32.1. The second kappa shape index (κ2) is 6.42. The van der Waals surface area contributed by atoms with Crippen molar-refractivity contribution >= 4 is 22.2 Å². The number of aromatic nitrogens is 2. The molecular formula is C20H21FN4OS. The summed E-state index contributed by atoms with van der Waals surface area (Å²) in [6, 6.07) is 5.73. The Morgan fingerprint density at radius 3 is 3.00 bits per heavy atom. The maximum absolute atomic E-state index is 14.8. The summed E-state index contributed by atoms with van der Waals surface area (Å²) in [5.41, 5.74) is 8.84. The third kappa shape index (κ3) is 2.85. The van der Waals surface area contributed by atoms with Crippen LogP contribution in [-0.4, -0.2) is 21.8 Å². The lowest BCUT2D eigenvalue weighted by atomic mass is 9.90. The average molecular weight is 384 g/mol. The maximum atomic E-state index is 14.8. The molecule has 27 heavy (non-hydrogen) atoms. The van der Waals surface area contributed by atoms with Crippen molar-refractivity contribution in [3.63, 3.8) is 0 Å². The summed E-state index contributed by atoms with van der Waals surface area (Å²) in [6.45, 7) is 0.993. The van der Waals surface area contributed by atoms with E-state index in [2.05, 4.69) is 14.7 Å². The minimum absolute atomic E-state index is 0.0884. The quantitative estimate of drug-likeness (QED) is 0.728. The van der Waals surface area contributed by atoms with Gasteiger partial charge in [-0.25, -0.2) is 9.37 Å². The molecule has 3 N–H and O–H groups in total. The molecule has 140 valence electrons. The molecule has 1 amide bonds. The largest absolute Gasteiger partial charge is 0.369 e. The predicted molar refractivity (Wildman–Crippen MR) is 103 cm³/mol. The predicted octanol–water partition coefficient (Wildman–Crippen LogP) is 3.22. The number of rotatable bonds is 3. The van der Waals surface area contributed by atoms with E-state index in [1.165, 1.54) is 10.6 Å². The highest BCUT2D eigenvalue weighted by Gasteiger charge is 2.27. The second-order valence-electron chi connectivity index (χ2n) is 7.48. The lowest BCUT2D eigenvalue weighted by Crippen LogP contribution is -2.28. The summed E-state index contributed by atoms with van der Waals surface area (Å²) in [5.74, 6) is -0.546. The van der Waals surface area contributed by atoms with Gasteiger partial charge in [0.25, 0.3) is 0 Å². The van der Waals surface area contributed by atoms with Crippen molar-refractivity contribution in [1.82, 2.24) is 14.7 Å². The van der Waals surface area contributed by atoms with E-state index in [4.69, 9.17) is 5.73 Å². The van der Waals surface area contributed by atoms with Crippen molar-refractivity contribution in [2.24, 2.45) is 11.7 Å². The van der Waals surface area contributed by atoms with Crippen molar-refractivity contribution in [2.45, 2.75) is 38.1 Å². The van der Waals surface area contributed by atoms with Gasteiger partial charge >= 0.3 is 0 Å². The number of thiazole rings is 1. The summed E-state index contributed by atoms with van der Waals surface area (Å²) >= 11 is 1.58. The number of amides is 1. The van der Waals surface area contributed by atoms with Gasteiger partial charge in [0.1, 0.15) is 5.82 Å². The number of carbonyl (C=O) groups excluding carboxylic acids is 1. The van der Waals surface area contributed by atoms with Gasteiger partial charge < -0.3 is 11.1 Å². The first-order valence-corrected chi connectivity index (χ1v) is 10.2. The molecular weight excluding hydrogens is 363 g/mol. The first kappa shape index (κ1) is 16.9. The minimum Gasteiger partial charge on any atom is -0.369 e. The number of imidazole rings is 1. The number of nitrogens with one attached hydrogen (secondary N) is 1.